The topological polar surface area (TPSA) is 110 Å². The molecule has 0 aliphatic heterocycles. The fourth-order valence-electron chi connectivity index (χ4n) is 2.51. The molecule has 0 saturated heterocycles. The number of hydrogen-bond donors (Lipinski definition) is 2. The van der Waals surface area contributed by atoms with Crippen LogP contribution < -0.4 is 4.72 Å². The van der Waals surface area contributed by atoms with Crippen molar-refractivity contribution in [3.63, 3.8) is 0 Å². The summed E-state index contributed by atoms with van der Waals surface area (Å²) < 4.78 is 30.7. The van der Waals surface area contributed by atoms with Crippen molar-refractivity contribution in [1.82, 2.24) is 4.72 Å². The molecule has 0 radical (unpaired) electrons. The summed E-state index contributed by atoms with van der Waals surface area (Å²) in [5.74, 6) is -2.56. The van der Waals surface area contributed by atoms with Gasteiger partial charge in [0.05, 0.1) is 19.3 Å². The summed E-state index contributed by atoms with van der Waals surface area (Å²) in [5.41, 5.74) is -1.47. The Morgan fingerprint density at radius 2 is 2.05 bits per heavy atom. The second kappa shape index (κ2) is 6.53. The zero-order chi connectivity index (χ0) is 15.4. The van der Waals surface area contributed by atoms with Gasteiger partial charge >= 0.3 is 11.9 Å². The highest BCUT2D eigenvalue weighted by atomic mass is 32.2. The first kappa shape index (κ1) is 16.9. The molecular weight excluding hydrogens is 286 g/mol. The molecule has 116 valence electrons. The number of hydrogen-bond acceptors (Lipinski definition) is 5. The van der Waals surface area contributed by atoms with Crippen LogP contribution in [0.2, 0.25) is 0 Å². The minimum Gasteiger partial charge on any atom is -0.480 e. The van der Waals surface area contributed by atoms with Crippen LogP contribution in [0.5, 0.6) is 0 Å². The number of carboxylic acid groups (broad SMARTS) is 1. The number of sulfonamides is 1. The molecule has 0 aromatic heterocycles. The number of ether oxygens (including phenoxy) is 1. The summed E-state index contributed by atoms with van der Waals surface area (Å²) in [4.78, 5) is 22.5. The maximum absolute atomic E-state index is 12.0. The first-order chi connectivity index (χ1) is 9.23. The van der Waals surface area contributed by atoms with Crippen molar-refractivity contribution in [1.29, 1.82) is 0 Å². The molecule has 20 heavy (non-hydrogen) atoms. The Bertz CT molecular complexity index is 474. The lowest BCUT2D eigenvalue weighted by Crippen LogP contribution is -2.60. The smallest absolute Gasteiger partial charge is 0.325 e. The highest BCUT2D eigenvalue weighted by Crippen LogP contribution is 2.34. The Labute approximate surface area is 118 Å². The lowest BCUT2D eigenvalue weighted by Gasteiger charge is -2.39. The Morgan fingerprint density at radius 3 is 2.55 bits per heavy atom. The van der Waals surface area contributed by atoms with Crippen molar-refractivity contribution in [3.8, 4) is 0 Å². The zero-order valence-corrected chi connectivity index (χ0v) is 12.5. The molecule has 0 aromatic rings. The van der Waals surface area contributed by atoms with E-state index in [0.717, 1.165) is 6.42 Å². The van der Waals surface area contributed by atoms with Crippen molar-refractivity contribution in [3.05, 3.63) is 0 Å². The van der Waals surface area contributed by atoms with E-state index in [4.69, 9.17) is 0 Å². The van der Waals surface area contributed by atoms with Gasteiger partial charge in [0.2, 0.25) is 10.0 Å². The number of carbonyl (C=O) groups excluding carboxylic acids is 1. The van der Waals surface area contributed by atoms with E-state index in [1.165, 1.54) is 7.11 Å². The molecule has 8 heteroatoms. The maximum Gasteiger partial charge on any atom is 0.325 e. The maximum atomic E-state index is 12.0. The van der Waals surface area contributed by atoms with Crippen LogP contribution in [0.1, 0.15) is 39.0 Å². The standard InChI is InChI=1S/C12H21NO6S/c1-9-5-3-4-7-12(9,11(15)16)13-20(17,18)8-6-10(14)19-2/h9,13H,3-8H2,1-2H3,(H,15,16). The number of esters is 1. The second-order valence-corrected chi connectivity index (χ2v) is 7.01. The largest absolute Gasteiger partial charge is 0.480 e. The van der Waals surface area contributed by atoms with Gasteiger partial charge in [0.1, 0.15) is 5.54 Å². The van der Waals surface area contributed by atoms with Crippen LogP contribution in [0.4, 0.5) is 0 Å². The molecule has 2 unspecified atom stereocenters. The van der Waals surface area contributed by atoms with Gasteiger partial charge < -0.3 is 9.84 Å². The average Bonchev–Trinajstić information content (AvgIpc) is 2.38. The van der Waals surface area contributed by atoms with Crippen molar-refractivity contribution < 1.29 is 27.9 Å². The molecule has 0 aromatic carbocycles. The minimum atomic E-state index is -3.85. The van der Waals surface area contributed by atoms with Crippen molar-refractivity contribution >= 4 is 22.0 Å². The van der Waals surface area contributed by atoms with Crippen molar-refractivity contribution in [2.75, 3.05) is 12.9 Å². The van der Waals surface area contributed by atoms with Crippen molar-refractivity contribution in [2.45, 2.75) is 44.6 Å². The summed E-state index contributed by atoms with van der Waals surface area (Å²) >= 11 is 0. The fraction of sp³-hybridized carbons (Fsp3) is 0.833. The van der Waals surface area contributed by atoms with Crippen LogP contribution in [0.15, 0.2) is 0 Å². The Kier molecular flexibility index (Phi) is 5.52. The number of methoxy groups -OCH3 is 1. The van der Waals surface area contributed by atoms with E-state index < -0.39 is 33.3 Å². The van der Waals surface area contributed by atoms with Gasteiger partial charge in [-0.15, -0.1) is 0 Å². The SMILES string of the molecule is COC(=O)CCS(=O)(=O)NC1(C(=O)O)CCCCC1C. The third-order valence-electron chi connectivity index (χ3n) is 3.82. The summed E-state index contributed by atoms with van der Waals surface area (Å²) in [6.45, 7) is 1.73. The normalized spacial score (nSPS) is 27.0. The molecule has 1 aliphatic carbocycles. The summed E-state index contributed by atoms with van der Waals surface area (Å²) in [5, 5.41) is 9.43. The first-order valence-electron chi connectivity index (χ1n) is 6.55. The van der Waals surface area contributed by atoms with Gasteiger partial charge in [0, 0.05) is 0 Å². The number of aliphatic carboxylic acids is 1. The predicted molar refractivity (Wildman–Crippen MR) is 71.6 cm³/mol. The lowest BCUT2D eigenvalue weighted by molar-refractivity contribution is -0.147. The van der Waals surface area contributed by atoms with Crippen LogP contribution >= 0.6 is 0 Å². The molecule has 0 spiro atoms. The predicted octanol–water partition coefficient (Wildman–Crippen LogP) is 0.502. The molecule has 0 bridgehead atoms. The molecule has 2 N–H and O–H groups in total. The van der Waals surface area contributed by atoms with Gasteiger partial charge in [0.15, 0.2) is 0 Å². The van der Waals surface area contributed by atoms with Crippen LogP contribution in [0, 0.1) is 5.92 Å². The van der Waals surface area contributed by atoms with Gasteiger partial charge in [-0.05, 0) is 18.8 Å². The second-order valence-electron chi connectivity index (χ2n) is 5.17. The van der Waals surface area contributed by atoms with Gasteiger partial charge in [-0.3, -0.25) is 9.59 Å². The van der Waals surface area contributed by atoms with Crippen molar-refractivity contribution in [2.24, 2.45) is 5.92 Å². The quantitative estimate of drug-likeness (QED) is 0.692. The molecule has 1 rings (SSSR count). The Balaban J connectivity index is 2.85. The number of rotatable bonds is 6. The molecule has 1 saturated carbocycles. The minimum absolute atomic E-state index is 0.265. The van der Waals surface area contributed by atoms with Gasteiger partial charge in [-0.25, -0.2) is 8.42 Å². The third-order valence-corrected chi connectivity index (χ3v) is 5.24. The highest BCUT2D eigenvalue weighted by Gasteiger charge is 2.47. The molecule has 0 heterocycles. The van der Waals surface area contributed by atoms with Crippen LogP contribution in [0.25, 0.3) is 0 Å². The molecule has 0 amide bonds. The monoisotopic (exact) mass is 307 g/mol. The number of carboxylic acids is 1. The van der Waals surface area contributed by atoms with Gasteiger partial charge in [-0.1, -0.05) is 19.8 Å². The van der Waals surface area contributed by atoms with Crippen LogP contribution in [-0.4, -0.2) is 43.9 Å². The van der Waals surface area contributed by atoms with E-state index in [-0.39, 0.29) is 18.8 Å². The fourth-order valence-corrected chi connectivity index (χ4v) is 3.99. The Hall–Kier alpha value is -1.15. The third kappa shape index (κ3) is 3.92. The Morgan fingerprint density at radius 1 is 1.40 bits per heavy atom. The van der Waals surface area contributed by atoms with E-state index in [2.05, 4.69) is 9.46 Å². The summed E-state index contributed by atoms with van der Waals surface area (Å²) in [7, 11) is -2.68. The van der Waals surface area contributed by atoms with E-state index in [1.807, 2.05) is 0 Å². The molecular formula is C12H21NO6S. The molecule has 1 fully saturated rings. The molecule has 7 nitrogen and oxygen atoms in total. The average molecular weight is 307 g/mol. The molecule has 2 atom stereocenters. The van der Waals surface area contributed by atoms with E-state index in [9.17, 15) is 23.1 Å². The van der Waals surface area contributed by atoms with E-state index in [0.29, 0.717) is 12.8 Å². The van der Waals surface area contributed by atoms with Gasteiger partial charge in [-0.2, -0.15) is 4.72 Å². The summed E-state index contributed by atoms with van der Waals surface area (Å²) in [6.07, 6.45) is 2.18. The van der Waals surface area contributed by atoms with E-state index >= 15 is 0 Å². The lowest BCUT2D eigenvalue weighted by atomic mass is 9.74. The van der Waals surface area contributed by atoms with Crippen LogP contribution in [-0.2, 0) is 24.3 Å². The number of nitrogens with one attached hydrogen (secondary N) is 1. The van der Waals surface area contributed by atoms with Gasteiger partial charge in [0.25, 0.3) is 0 Å². The summed E-state index contributed by atoms with van der Waals surface area (Å²) in [6, 6.07) is 0. The highest BCUT2D eigenvalue weighted by molar-refractivity contribution is 7.89. The molecule has 1 aliphatic rings. The number of carbonyl (C=O) groups is 2. The first-order valence-corrected chi connectivity index (χ1v) is 8.20. The van der Waals surface area contributed by atoms with Crippen LogP contribution in [0.3, 0.4) is 0 Å². The van der Waals surface area contributed by atoms with E-state index in [1.54, 1.807) is 6.92 Å². The zero-order valence-electron chi connectivity index (χ0n) is 11.7.